The fraction of sp³-hybridized carbons (Fsp3) is 0.375. The van der Waals surface area contributed by atoms with Gasteiger partial charge in [0.05, 0.1) is 18.4 Å². The smallest absolute Gasteiger partial charge is 0.234 e. The fourth-order valence-corrected chi connectivity index (χ4v) is 4.11. The Morgan fingerprint density at radius 3 is 2.25 bits per heavy atom. The van der Waals surface area contributed by atoms with E-state index in [1.165, 1.54) is 4.90 Å². The Labute approximate surface area is 122 Å². The molecule has 102 valence electrons. The van der Waals surface area contributed by atoms with Gasteiger partial charge in [0.2, 0.25) is 11.8 Å². The van der Waals surface area contributed by atoms with Crippen LogP contribution in [-0.2, 0) is 16.1 Å². The Kier molecular flexibility index (Phi) is 2.55. The zero-order chi connectivity index (χ0) is 13.9. The molecule has 1 aliphatic heterocycles. The first-order valence-electron chi connectivity index (χ1n) is 6.94. The average Bonchev–Trinajstić information content (AvgIpc) is 3.10. The molecule has 2 amide bonds. The number of hydrogen-bond acceptors (Lipinski definition) is 2. The summed E-state index contributed by atoms with van der Waals surface area (Å²) in [6.45, 7) is 0.295. The molecule has 4 atom stereocenters. The van der Waals surface area contributed by atoms with Crippen LogP contribution in [0.15, 0.2) is 36.4 Å². The Hall–Kier alpha value is -1.61. The zero-order valence-corrected chi connectivity index (χ0v) is 11.6. The number of likely N-dealkylation sites (tertiary alicyclic amines) is 1. The van der Waals surface area contributed by atoms with E-state index in [0.717, 1.165) is 12.0 Å². The Morgan fingerprint density at radius 2 is 1.65 bits per heavy atom. The molecule has 1 saturated carbocycles. The van der Waals surface area contributed by atoms with Crippen LogP contribution in [0, 0.1) is 23.7 Å². The zero-order valence-electron chi connectivity index (χ0n) is 10.8. The van der Waals surface area contributed by atoms with Crippen molar-refractivity contribution in [3.05, 3.63) is 47.0 Å². The van der Waals surface area contributed by atoms with Gasteiger partial charge in [-0.15, -0.1) is 0 Å². The second kappa shape index (κ2) is 4.19. The van der Waals surface area contributed by atoms with Gasteiger partial charge in [-0.1, -0.05) is 42.0 Å². The first kappa shape index (κ1) is 12.2. The number of fused-ring (bicyclic) bond motifs is 5. The van der Waals surface area contributed by atoms with Crippen molar-refractivity contribution in [3.63, 3.8) is 0 Å². The molecule has 3 nitrogen and oxygen atoms in total. The van der Waals surface area contributed by atoms with Gasteiger partial charge in [0.15, 0.2) is 0 Å². The van der Waals surface area contributed by atoms with Crippen molar-refractivity contribution in [2.24, 2.45) is 23.7 Å². The van der Waals surface area contributed by atoms with Crippen LogP contribution in [0.4, 0.5) is 0 Å². The summed E-state index contributed by atoms with van der Waals surface area (Å²) in [6.07, 6.45) is 5.18. The minimum atomic E-state index is -0.125. The van der Waals surface area contributed by atoms with Crippen molar-refractivity contribution >= 4 is 23.4 Å². The maximum atomic E-state index is 12.5. The molecule has 3 aliphatic rings. The van der Waals surface area contributed by atoms with E-state index >= 15 is 0 Å². The largest absolute Gasteiger partial charge is 0.278 e. The number of rotatable bonds is 2. The van der Waals surface area contributed by atoms with E-state index in [4.69, 9.17) is 11.6 Å². The van der Waals surface area contributed by atoms with Crippen LogP contribution in [-0.4, -0.2) is 16.7 Å². The lowest BCUT2D eigenvalue weighted by Gasteiger charge is -2.17. The number of amides is 2. The summed E-state index contributed by atoms with van der Waals surface area (Å²) in [7, 11) is 0. The second-order valence-electron chi connectivity index (χ2n) is 5.85. The maximum absolute atomic E-state index is 12.5. The quantitative estimate of drug-likeness (QED) is 0.619. The van der Waals surface area contributed by atoms with E-state index in [1.54, 1.807) is 6.07 Å². The summed E-state index contributed by atoms with van der Waals surface area (Å²) in [5, 5.41) is 0.603. The SMILES string of the molecule is O=C1[C@H]2[C@H](C(=O)N1Cc1ccccc1Cl)[C@H]1C=C[C@H]2C1. The summed E-state index contributed by atoms with van der Waals surface area (Å²) in [5.41, 5.74) is 0.830. The summed E-state index contributed by atoms with van der Waals surface area (Å²) >= 11 is 6.13. The van der Waals surface area contributed by atoms with Gasteiger partial charge >= 0.3 is 0 Å². The van der Waals surface area contributed by atoms with E-state index in [0.29, 0.717) is 11.6 Å². The van der Waals surface area contributed by atoms with Gasteiger partial charge in [-0.05, 0) is 29.9 Å². The topological polar surface area (TPSA) is 37.4 Å². The highest BCUT2D eigenvalue weighted by molar-refractivity contribution is 6.31. The standard InChI is InChI=1S/C16H14ClNO2/c17-12-4-2-1-3-11(12)8-18-15(19)13-9-5-6-10(7-9)14(13)16(18)20/h1-6,9-10,13-14H,7-8H2/t9-,10-,13+,14+/m0/s1. The lowest BCUT2D eigenvalue weighted by atomic mass is 9.85. The predicted molar refractivity (Wildman–Crippen MR) is 74.7 cm³/mol. The van der Waals surface area contributed by atoms with E-state index < -0.39 is 0 Å². The van der Waals surface area contributed by atoms with Gasteiger partial charge in [0.1, 0.15) is 0 Å². The molecular weight excluding hydrogens is 274 g/mol. The molecule has 0 N–H and O–H groups in total. The highest BCUT2D eigenvalue weighted by Gasteiger charge is 2.59. The molecule has 2 fully saturated rings. The van der Waals surface area contributed by atoms with Gasteiger partial charge in [-0.25, -0.2) is 0 Å². The molecule has 2 aliphatic carbocycles. The third-order valence-electron chi connectivity index (χ3n) is 4.85. The van der Waals surface area contributed by atoms with Gasteiger partial charge in [-0.2, -0.15) is 0 Å². The van der Waals surface area contributed by atoms with Crippen LogP contribution in [0.25, 0.3) is 0 Å². The molecular formula is C16H14ClNO2. The van der Waals surface area contributed by atoms with Crippen LogP contribution in [0.2, 0.25) is 5.02 Å². The molecule has 0 spiro atoms. The monoisotopic (exact) mass is 287 g/mol. The van der Waals surface area contributed by atoms with Crippen molar-refractivity contribution in [1.29, 1.82) is 0 Å². The molecule has 2 bridgehead atoms. The fourth-order valence-electron chi connectivity index (χ4n) is 3.92. The van der Waals surface area contributed by atoms with Gasteiger partial charge in [0.25, 0.3) is 0 Å². The van der Waals surface area contributed by atoms with E-state index in [2.05, 4.69) is 12.2 Å². The van der Waals surface area contributed by atoms with Crippen molar-refractivity contribution in [2.45, 2.75) is 13.0 Å². The van der Waals surface area contributed by atoms with Crippen molar-refractivity contribution in [3.8, 4) is 0 Å². The first-order chi connectivity index (χ1) is 9.66. The molecule has 4 heteroatoms. The molecule has 1 heterocycles. The van der Waals surface area contributed by atoms with Crippen molar-refractivity contribution < 1.29 is 9.59 Å². The van der Waals surface area contributed by atoms with E-state index in [1.807, 2.05) is 18.2 Å². The molecule has 20 heavy (non-hydrogen) atoms. The van der Waals surface area contributed by atoms with Gasteiger partial charge < -0.3 is 0 Å². The summed E-state index contributed by atoms with van der Waals surface area (Å²) in [6, 6.07) is 7.37. The number of hydrogen-bond donors (Lipinski definition) is 0. The highest BCUT2D eigenvalue weighted by Crippen LogP contribution is 2.52. The Bertz CT molecular complexity index is 609. The molecule has 0 radical (unpaired) electrons. The molecule has 4 rings (SSSR count). The second-order valence-corrected chi connectivity index (χ2v) is 6.26. The van der Waals surface area contributed by atoms with E-state index in [9.17, 15) is 9.59 Å². The summed E-state index contributed by atoms with van der Waals surface area (Å²) in [4.78, 5) is 26.5. The number of carbonyl (C=O) groups excluding carboxylic acids is 2. The molecule has 1 aromatic rings. The normalized spacial score (nSPS) is 34.1. The third-order valence-corrected chi connectivity index (χ3v) is 5.22. The minimum Gasteiger partial charge on any atom is -0.278 e. The number of nitrogens with zero attached hydrogens (tertiary/aromatic N) is 1. The van der Waals surface area contributed by atoms with Gasteiger partial charge in [-0.3, -0.25) is 14.5 Å². The first-order valence-corrected chi connectivity index (χ1v) is 7.31. The van der Waals surface area contributed by atoms with Crippen molar-refractivity contribution in [2.75, 3.05) is 0 Å². The molecule has 0 aromatic heterocycles. The lowest BCUT2D eigenvalue weighted by molar-refractivity contribution is -0.141. The molecule has 1 aromatic carbocycles. The lowest BCUT2D eigenvalue weighted by Crippen LogP contribution is -2.32. The van der Waals surface area contributed by atoms with Crippen LogP contribution >= 0.6 is 11.6 Å². The van der Waals surface area contributed by atoms with Crippen LogP contribution in [0.3, 0.4) is 0 Å². The van der Waals surface area contributed by atoms with Crippen LogP contribution < -0.4 is 0 Å². The predicted octanol–water partition coefficient (Wildman–Crippen LogP) is 2.65. The third kappa shape index (κ3) is 1.53. The minimum absolute atomic E-state index is 0.0169. The number of allylic oxidation sites excluding steroid dienone is 2. The molecule has 1 saturated heterocycles. The number of carbonyl (C=O) groups is 2. The van der Waals surface area contributed by atoms with Crippen molar-refractivity contribution in [1.82, 2.24) is 4.90 Å². The van der Waals surface area contributed by atoms with Crippen LogP contribution in [0.1, 0.15) is 12.0 Å². The average molecular weight is 288 g/mol. The molecule has 0 unspecified atom stereocenters. The van der Waals surface area contributed by atoms with Crippen LogP contribution in [0.5, 0.6) is 0 Å². The summed E-state index contributed by atoms with van der Waals surface area (Å²) in [5.74, 6) is 0.240. The maximum Gasteiger partial charge on any atom is 0.234 e. The van der Waals surface area contributed by atoms with Gasteiger partial charge in [0, 0.05) is 5.02 Å². The number of imide groups is 1. The highest BCUT2D eigenvalue weighted by atomic mass is 35.5. The number of halogens is 1. The Morgan fingerprint density at radius 1 is 1.05 bits per heavy atom. The Balaban J connectivity index is 1.64. The van der Waals surface area contributed by atoms with E-state index in [-0.39, 0.29) is 35.5 Å². The number of benzene rings is 1. The summed E-state index contributed by atoms with van der Waals surface area (Å²) < 4.78 is 0.